The van der Waals surface area contributed by atoms with Gasteiger partial charge in [0.05, 0.1) is 17.3 Å². The second-order valence-electron chi connectivity index (χ2n) is 5.84. The molecule has 1 aromatic carbocycles. The van der Waals surface area contributed by atoms with Crippen LogP contribution in [0.2, 0.25) is 0 Å². The second kappa shape index (κ2) is 6.47. The predicted octanol–water partition coefficient (Wildman–Crippen LogP) is 2.76. The van der Waals surface area contributed by atoms with E-state index in [1.54, 1.807) is 18.5 Å². The van der Waals surface area contributed by atoms with Crippen molar-refractivity contribution < 1.29 is 18.3 Å². The quantitative estimate of drug-likeness (QED) is 0.573. The van der Waals surface area contributed by atoms with Gasteiger partial charge in [-0.1, -0.05) is 0 Å². The summed E-state index contributed by atoms with van der Waals surface area (Å²) in [6.45, 7) is 0.00150. The first-order valence-electron chi connectivity index (χ1n) is 7.99. The molecule has 4 aromatic rings. The summed E-state index contributed by atoms with van der Waals surface area (Å²) in [7, 11) is 0. The van der Waals surface area contributed by atoms with Gasteiger partial charge in [-0.25, -0.2) is 14.6 Å². The Balaban J connectivity index is 1.77. The van der Waals surface area contributed by atoms with E-state index in [0.717, 1.165) is 17.7 Å². The van der Waals surface area contributed by atoms with Gasteiger partial charge in [-0.3, -0.25) is 5.10 Å². The Morgan fingerprint density at radius 3 is 2.81 bits per heavy atom. The number of hydrogen-bond donors (Lipinski definition) is 2. The minimum absolute atomic E-state index is 0.00150. The summed E-state index contributed by atoms with van der Waals surface area (Å²) in [5.41, 5.74) is 0.740. The number of benzene rings is 1. The maximum atomic E-state index is 13.0. The first kappa shape index (κ1) is 17.2. The monoisotopic (exact) mass is 374 g/mol. The number of fused-ring (bicyclic) bond motifs is 1. The summed E-state index contributed by atoms with van der Waals surface area (Å²) in [6.07, 6.45) is 0.815. The predicted molar refractivity (Wildman–Crippen MR) is 90.0 cm³/mol. The summed E-state index contributed by atoms with van der Waals surface area (Å²) < 4.78 is 40.6. The van der Waals surface area contributed by atoms with Gasteiger partial charge in [0, 0.05) is 30.5 Å². The molecule has 138 valence electrons. The highest BCUT2D eigenvalue weighted by Crippen LogP contribution is 2.33. The molecule has 0 saturated heterocycles. The highest BCUT2D eigenvalue weighted by Gasteiger charge is 2.31. The van der Waals surface area contributed by atoms with E-state index in [9.17, 15) is 13.2 Å². The van der Waals surface area contributed by atoms with Crippen molar-refractivity contribution in [2.24, 2.45) is 0 Å². The van der Waals surface area contributed by atoms with Gasteiger partial charge in [-0.05, 0) is 30.2 Å². The molecule has 3 heterocycles. The topological polar surface area (TPSA) is 92.5 Å². The fraction of sp³-hybridized carbons (Fsp3) is 0.176. The van der Waals surface area contributed by atoms with Crippen molar-refractivity contribution in [1.82, 2.24) is 29.9 Å². The molecule has 0 aliphatic rings. The standard InChI is InChI=1S/C17H13F3N6O/c18-17(19,20)11-1-2-13-12(7-11)15(25-24-13)16-21-5-3-14(23-16)26-9-10(4-6-27)8-22-26/h1-3,5,7-9,27H,4,6H2,(H,24,25). The third kappa shape index (κ3) is 3.26. The molecular formula is C17H13F3N6O. The van der Waals surface area contributed by atoms with Crippen LogP contribution in [0.5, 0.6) is 0 Å². The number of rotatable bonds is 4. The van der Waals surface area contributed by atoms with Crippen molar-refractivity contribution in [2.45, 2.75) is 12.6 Å². The number of alkyl halides is 3. The number of halogens is 3. The lowest BCUT2D eigenvalue weighted by atomic mass is 10.1. The minimum atomic E-state index is -4.45. The molecule has 0 atom stereocenters. The average Bonchev–Trinajstić information content (AvgIpc) is 3.28. The van der Waals surface area contributed by atoms with E-state index in [1.807, 2.05) is 0 Å². The molecule has 0 aliphatic carbocycles. The van der Waals surface area contributed by atoms with Gasteiger partial charge in [-0.15, -0.1) is 0 Å². The summed E-state index contributed by atoms with van der Waals surface area (Å²) in [5, 5.41) is 20.2. The SMILES string of the molecule is OCCc1cnn(-c2ccnc(-c3n[nH]c4ccc(C(F)(F)F)cc34)n2)c1. The molecule has 0 spiro atoms. The molecule has 0 aliphatic heterocycles. The molecule has 0 amide bonds. The Hall–Kier alpha value is -3.27. The first-order chi connectivity index (χ1) is 13.0. The van der Waals surface area contributed by atoms with Gasteiger partial charge in [0.2, 0.25) is 0 Å². The third-order valence-electron chi connectivity index (χ3n) is 4.01. The zero-order valence-electron chi connectivity index (χ0n) is 13.8. The molecular weight excluding hydrogens is 361 g/mol. The van der Waals surface area contributed by atoms with Crippen LogP contribution in [0.15, 0.2) is 42.9 Å². The molecule has 0 bridgehead atoms. The molecule has 0 fully saturated rings. The maximum Gasteiger partial charge on any atom is 0.416 e. The Labute approximate surface area is 150 Å². The highest BCUT2D eigenvalue weighted by molar-refractivity contribution is 5.91. The van der Waals surface area contributed by atoms with E-state index < -0.39 is 11.7 Å². The van der Waals surface area contributed by atoms with E-state index in [2.05, 4.69) is 25.3 Å². The second-order valence-corrected chi connectivity index (χ2v) is 5.84. The number of nitrogens with zero attached hydrogens (tertiary/aromatic N) is 5. The highest BCUT2D eigenvalue weighted by atomic mass is 19.4. The number of H-pyrrole nitrogens is 1. The normalized spacial score (nSPS) is 12.0. The largest absolute Gasteiger partial charge is 0.416 e. The van der Waals surface area contributed by atoms with Gasteiger partial charge < -0.3 is 5.11 Å². The van der Waals surface area contributed by atoms with E-state index in [1.165, 1.54) is 16.9 Å². The number of aromatic nitrogens is 6. The molecule has 4 rings (SSSR count). The van der Waals surface area contributed by atoms with Gasteiger partial charge in [0.15, 0.2) is 11.6 Å². The van der Waals surface area contributed by atoms with E-state index in [0.29, 0.717) is 17.8 Å². The van der Waals surface area contributed by atoms with Crippen molar-refractivity contribution in [3.63, 3.8) is 0 Å². The molecule has 0 radical (unpaired) electrons. The van der Waals surface area contributed by atoms with Gasteiger partial charge in [0.25, 0.3) is 0 Å². The van der Waals surface area contributed by atoms with Crippen LogP contribution >= 0.6 is 0 Å². The maximum absolute atomic E-state index is 13.0. The molecule has 0 saturated carbocycles. The molecule has 2 N–H and O–H groups in total. The van der Waals surface area contributed by atoms with Crippen LogP contribution in [0.25, 0.3) is 28.2 Å². The van der Waals surface area contributed by atoms with Crippen molar-refractivity contribution >= 4 is 10.9 Å². The van der Waals surface area contributed by atoms with Crippen LogP contribution in [-0.2, 0) is 12.6 Å². The van der Waals surface area contributed by atoms with Crippen LogP contribution in [0.4, 0.5) is 13.2 Å². The molecule has 3 aromatic heterocycles. The van der Waals surface area contributed by atoms with Crippen molar-refractivity contribution in [3.8, 4) is 17.3 Å². The summed E-state index contributed by atoms with van der Waals surface area (Å²) in [6, 6.07) is 4.97. The van der Waals surface area contributed by atoms with Crippen LogP contribution in [0.1, 0.15) is 11.1 Å². The van der Waals surface area contributed by atoms with Crippen LogP contribution in [0.3, 0.4) is 0 Å². The zero-order valence-corrected chi connectivity index (χ0v) is 13.8. The first-order valence-corrected chi connectivity index (χ1v) is 7.99. The molecule has 27 heavy (non-hydrogen) atoms. The molecule has 7 nitrogen and oxygen atoms in total. The van der Waals surface area contributed by atoms with Crippen molar-refractivity contribution in [3.05, 3.63) is 54.0 Å². The van der Waals surface area contributed by atoms with E-state index in [-0.39, 0.29) is 23.5 Å². The summed E-state index contributed by atoms with van der Waals surface area (Å²) in [4.78, 5) is 8.50. The summed E-state index contributed by atoms with van der Waals surface area (Å²) >= 11 is 0. The lowest BCUT2D eigenvalue weighted by Crippen LogP contribution is -2.04. The minimum Gasteiger partial charge on any atom is -0.396 e. The third-order valence-corrected chi connectivity index (χ3v) is 4.01. The lowest BCUT2D eigenvalue weighted by Gasteiger charge is -2.06. The summed E-state index contributed by atoms with van der Waals surface area (Å²) in [5.74, 6) is 0.615. The van der Waals surface area contributed by atoms with Crippen LogP contribution in [0, 0.1) is 0 Å². The number of aromatic amines is 1. The molecule has 10 heteroatoms. The van der Waals surface area contributed by atoms with Crippen LogP contribution in [-0.4, -0.2) is 41.7 Å². The van der Waals surface area contributed by atoms with Gasteiger partial charge in [-0.2, -0.15) is 23.4 Å². The van der Waals surface area contributed by atoms with E-state index in [4.69, 9.17) is 5.11 Å². The average molecular weight is 374 g/mol. The van der Waals surface area contributed by atoms with E-state index >= 15 is 0 Å². The Morgan fingerprint density at radius 1 is 1.19 bits per heavy atom. The number of nitrogens with one attached hydrogen (secondary N) is 1. The number of hydrogen-bond acceptors (Lipinski definition) is 5. The van der Waals surface area contributed by atoms with Crippen molar-refractivity contribution in [1.29, 1.82) is 0 Å². The Morgan fingerprint density at radius 2 is 2.04 bits per heavy atom. The molecule has 0 unspecified atom stereocenters. The number of aliphatic hydroxyl groups is 1. The fourth-order valence-electron chi connectivity index (χ4n) is 2.70. The van der Waals surface area contributed by atoms with Crippen LogP contribution < -0.4 is 0 Å². The zero-order chi connectivity index (χ0) is 19.0. The van der Waals surface area contributed by atoms with Gasteiger partial charge >= 0.3 is 6.18 Å². The Kier molecular flexibility index (Phi) is 4.11. The Bertz CT molecular complexity index is 1100. The smallest absolute Gasteiger partial charge is 0.396 e. The van der Waals surface area contributed by atoms with Gasteiger partial charge in [0.1, 0.15) is 5.69 Å². The van der Waals surface area contributed by atoms with Crippen molar-refractivity contribution in [2.75, 3.05) is 6.61 Å². The lowest BCUT2D eigenvalue weighted by molar-refractivity contribution is -0.137. The number of aliphatic hydroxyl groups excluding tert-OH is 1. The fourth-order valence-corrected chi connectivity index (χ4v) is 2.70.